The van der Waals surface area contributed by atoms with Crippen molar-refractivity contribution >= 4 is 23.4 Å². The van der Waals surface area contributed by atoms with Crippen LogP contribution in [0.1, 0.15) is 36.0 Å². The van der Waals surface area contributed by atoms with E-state index < -0.39 is 0 Å². The summed E-state index contributed by atoms with van der Waals surface area (Å²) in [6.07, 6.45) is 0.828. The maximum absolute atomic E-state index is 12.5. The fraction of sp³-hybridized carbons (Fsp3) is 0.304. The number of nitriles is 1. The summed E-state index contributed by atoms with van der Waals surface area (Å²) in [6.45, 7) is 1.01. The largest absolute Gasteiger partial charge is 0.508 e. The SMILES string of the molecule is N#CCCN(C(=O)CCC(=O)NCCCNC(=O)c1cccc(O)c1)c1ccccc1. The molecule has 0 unspecified atom stereocenters. The molecule has 8 nitrogen and oxygen atoms in total. The van der Waals surface area contributed by atoms with Crippen LogP contribution in [0.5, 0.6) is 5.75 Å². The zero-order valence-electron chi connectivity index (χ0n) is 17.2. The molecule has 3 amide bonds. The number of anilines is 1. The first kappa shape index (κ1) is 23.4. The van der Waals surface area contributed by atoms with Gasteiger partial charge in [0.25, 0.3) is 5.91 Å². The van der Waals surface area contributed by atoms with Gasteiger partial charge in [-0.25, -0.2) is 0 Å². The predicted molar refractivity (Wildman–Crippen MR) is 116 cm³/mol. The van der Waals surface area contributed by atoms with Crippen molar-refractivity contribution in [2.45, 2.75) is 25.7 Å². The molecule has 0 saturated heterocycles. The van der Waals surface area contributed by atoms with E-state index in [0.717, 1.165) is 0 Å². The number of nitrogens with zero attached hydrogens (tertiary/aromatic N) is 2. The van der Waals surface area contributed by atoms with Crippen LogP contribution in [0, 0.1) is 11.3 Å². The first-order valence-corrected chi connectivity index (χ1v) is 10.1. The van der Waals surface area contributed by atoms with E-state index in [2.05, 4.69) is 10.6 Å². The standard InChI is InChI=1S/C23H26N4O4/c24-13-5-16-27(19-8-2-1-3-9-19)22(30)12-11-21(29)25-14-6-15-26-23(31)18-7-4-10-20(28)17-18/h1-4,7-10,17,28H,5-6,11-12,14-16H2,(H,25,29)(H,26,31). The Morgan fingerprint density at radius 3 is 2.42 bits per heavy atom. The van der Waals surface area contributed by atoms with Gasteiger partial charge in [0.1, 0.15) is 5.75 Å². The number of benzene rings is 2. The third kappa shape index (κ3) is 8.19. The zero-order chi connectivity index (χ0) is 22.5. The molecule has 8 heteroatoms. The van der Waals surface area contributed by atoms with Gasteiger partial charge in [-0.15, -0.1) is 0 Å². The molecule has 0 aromatic heterocycles. The second-order valence-electron chi connectivity index (χ2n) is 6.80. The van der Waals surface area contributed by atoms with Crippen LogP contribution in [-0.2, 0) is 9.59 Å². The summed E-state index contributed by atoms with van der Waals surface area (Å²) < 4.78 is 0. The molecule has 2 aromatic carbocycles. The molecule has 2 aromatic rings. The minimum Gasteiger partial charge on any atom is -0.508 e. The van der Waals surface area contributed by atoms with Crippen molar-refractivity contribution in [2.24, 2.45) is 0 Å². The second kappa shape index (κ2) is 12.6. The van der Waals surface area contributed by atoms with Gasteiger partial charge in [-0.3, -0.25) is 14.4 Å². The van der Waals surface area contributed by atoms with Gasteiger partial charge in [0.2, 0.25) is 11.8 Å². The fourth-order valence-corrected chi connectivity index (χ4v) is 2.88. The molecule has 0 spiro atoms. The first-order chi connectivity index (χ1) is 15.0. The number of phenols is 1. The molecule has 0 aliphatic rings. The number of hydrogen-bond acceptors (Lipinski definition) is 5. The average Bonchev–Trinajstić information content (AvgIpc) is 2.78. The van der Waals surface area contributed by atoms with Crippen LogP contribution in [0.3, 0.4) is 0 Å². The summed E-state index contributed by atoms with van der Waals surface area (Å²) in [5.74, 6) is -0.741. The van der Waals surface area contributed by atoms with Crippen molar-refractivity contribution in [1.29, 1.82) is 5.26 Å². The van der Waals surface area contributed by atoms with E-state index in [1.54, 1.807) is 24.3 Å². The second-order valence-corrected chi connectivity index (χ2v) is 6.80. The molecular formula is C23H26N4O4. The molecule has 0 heterocycles. The van der Waals surface area contributed by atoms with E-state index in [0.29, 0.717) is 30.8 Å². The third-order valence-corrected chi connectivity index (χ3v) is 4.45. The Morgan fingerprint density at radius 1 is 0.968 bits per heavy atom. The van der Waals surface area contributed by atoms with Crippen molar-refractivity contribution in [3.63, 3.8) is 0 Å². The number of para-hydroxylation sites is 1. The van der Waals surface area contributed by atoms with Crippen molar-refractivity contribution in [2.75, 3.05) is 24.5 Å². The van der Waals surface area contributed by atoms with Gasteiger partial charge in [0.15, 0.2) is 0 Å². The van der Waals surface area contributed by atoms with Gasteiger partial charge >= 0.3 is 0 Å². The van der Waals surface area contributed by atoms with Gasteiger partial charge in [0.05, 0.1) is 12.5 Å². The molecule has 162 valence electrons. The summed E-state index contributed by atoms with van der Waals surface area (Å²) in [5, 5.41) is 23.7. The van der Waals surface area contributed by atoms with Crippen molar-refractivity contribution < 1.29 is 19.5 Å². The lowest BCUT2D eigenvalue weighted by Crippen LogP contribution is -2.34. The quantitative estimate of drug-likeness (QED) is 0.480. The Hall–Kier alpha value is -3.86. The highest BCUT2D eigenvalue weighted by molar-refractivity contribution is 5.95. The predicted octanol–water partition coefficient (Wildman–Crippen LogP) is 2.36. The summed E-state index contributed by atoms with van der Waals surface area (Å²) in [7, 11) is 0. The molecule has 0 atom stereocenters. The van der Waals surface area contributed by atoms with E-state index >= 15 is 0 Å². The Balaban J connectivity index is 1.68. The van der Waals surface area contributed by atoms with Crippen LogP contribution in [0.15, 0.2) is 54.6 Å². The summed E-state index contributed by atoms with van der Waals surface area (Å²) in [4.78, 5) is 38.0. The average molecular weight is 422 g/mol. The normalized spacial score (nSPS) is 10.0. The number of aromatic hydroxyl groups is 1. The van der Waals surface area contributed by atoms with E-state index in [1.165, 1.54) is 17.0 Å². The Bertz CT molecular complexity index is 925. The molecule has 0 aliphatic heterocycles. The van der Waals surface area contributed by atoms with Crippen LogP contribution in [0.2, 0.25) is 0 Å². The van der Waals surface area contributed by atoms with Gasteiger partial charge in [-0.2, -0.15) is 5.26 Å². The molecule has 0 bridgehead atoms. The topological polar surface area (TPSA) is 123 Å². The number of nitrogens with one attached hydrogen (secondary N) is 2. The number of carbonyl (C=O) groups excluding carboxylic acids is 3. The van der Waals surface area contributed by atoms with Gasteiger partial charge < -0.3 is 20.6 Å². The molecule has 31 heavy (non-hydrogen) atoms. The summed E-state index contributed by atoms with van der Waals surface area (Å²) >= 11 is 0. The van der Waals surface area contributed by atoms with Crippen LogP contribution in [-0.4, -0.2) is 42.5 Å². The highest BCUT2D eigenvalue weighted by Gasteiger charge is 2.16. The van der Waals surface area contributed by atoms with E-state index in [9.17, 15) is 19.5 Å². The highest BCUT2D eigenvalue weighted by Crippen LogP contribution is 2.15. The van der Waals surface area contributed by atoms with Gasteiger partial charge in [0, 0.05) is 43.7 Å². The smallest absolute Gasteiger partial charge is 0.251 e. The van der Waals surface area contributed by atoms with Crippen LogP contribution >= 0.6 is 0 Å². The number of carbonyl (C=O) groups is 3. The molecule has 0 fully saturated rings. The summed E-state index contributed by atoms with van der Waals surface area (Å²) in [6, 6.07) is 17.1. The van der Waals surface area contributed by atoms with Crippen LogP contribution in [0.25, 0.3) is 0 Å². The number of rotatable bonds is 11. The van der Waals surface area contributed by atoms with Gasteiger partial charge in [-0.05, 0) is 36.8 Å². The lowest BCUT2D eigenvalue weighted by Gasteiger charge is -2.21. The molecule has 0 radical (unpaired) electrons. The van der Waals surface area contributed by atoms with E-state index in [1.807, 2.05) is 24.3 Å². The molecule has 0 saturated carbocycles. The van der Waals surface area contributed by atoms with Crippen LogP contribution < -0.4 is 15.5 Å². The van der Waals surface area contributed by atoms with Crippen molar-refractivity contribution in [1.82, 2.24) is 10.6 Å². The minimum absolute atomic E-state index is 0.0212. The maximum atomic E-state index is 12.5. The lowest BCUT2D eigenvalue weighted by atomic mass is 10.2. The number of hydrogen-bond donors (Lipinski definition) is 3. The van der Waals surface area contributed by atoms with Crippen molar-refractivity contribution in [3.05, 3.63) is 60.2 Å². The number of amides is 3. The van der Waals surface area contributed by atoms with E-state index in [-0.39, 0.29) is 49.3 Å². The van der Waals surface area contributed by atoms with E-state index in [4.69, 9.17) is 5.26 Å². The summed E-state index contributed by atoms with van der Waals surface area (Å²) in [5.41, 5.74) is 1.06. The molecular weight excluding hydrogens is 396 g/mol. The maximum Gasteiger partial charge on any atom is 0.251 e. The zero-order valence-corrected chi connectivity index (χ0v) is 17.2. The third-order valence-electron chi connectivity index (χ3n) is 4.45. The van der Waals surface area contributed by atoms with Crippen LogP contribution in [0.4, 0.5) is 5.69 Å². The first-order valence-electron chi connectivity index (χ1n) is 10.1. The molecule has 2 rings (SSSR count). The minimum atomic E-state index is -0.300. The Kier molecular flexibility index (Phi) is 9.56. The highest BCUT2D eigenvalue weighted by atomic mass is 16.3. The van der Waals surface area contributed by atoms with Crippen molar-refractivity contribution in [3.8, 4) is 11.8 Å². The lowest BCUT2D eigenvalue weighted by molar-refractivity contribution is -0.125. The Morgan fingerprint density at radius 2 is 1.71 bits per heavy atom. The molecule has 0 aliphatic carbocycles. The van der Waals surface area contributed by atoms with Gasteiger partial charge in [-0.1, -0.05) is 24.3 Å². The Labute approximate surface area is 181 Å². The fourth-order valence-electron chi connectivity index (χ4n) is 2.88. The monoisotopic (exact) mass is 422 g/mol. The number of phenolic OH excluding ortho intramolecular Hbond substituents is 1. The molecule has 3 N–H and O–H groups in total.